The molecule has 1 aromatic heterocycles. The molecule has 120 valence electrons. The van der Waals surface area contributed by atoms with Crippen molar-refractivity contribution in [2.24, 2.45) is 0 Å². The molecule has 6 heteroatoms. The SMILES string of the molecule is CCC(CC)c1nn(C2CCS(=O)(=O)C2)c(N)c1C(C)C. The second-order valence-corrected chi connectivity index (χ2v) is 8.58. The van der Waals surface area contributed by atoms with Gasteiger partial charge in [-0.2, -0.15) is 5.10 Å². The minimum Gasteiger partial charge on any atom is -0.384 e. The van der Waals surface area contributed by atoms with Crippen LogP contribution in [0.15, 0.2) is 0 Å². The zero-order valence-electron chi connectivity index (χ0n) is 13.5. The molecule has 0 bridgehead atoms. The molecule has 5 nitrogen and oxygen atoms in total. The van der Waals surface area contributed by atoms with Gasteiger partial charge in [0.05, 0.1) is 23.2 Å². The normalized spacial score (nSPS) is 21.5. The molecule has 1 saturated heterocycles. The number of nitrogens with zero attached hydrogens (tertiary/aromatic N) is 2. The summed E-state index contributed by atoms with van der Waals surface area (Å²) in [5, 5.41) is 4.75. The summed E-state index contributed by atoms with van der Waals surface area (Å²) in [5.74, 6) is 1.76. The minimum atomic E-state index is -2.93. The topological polar surface area (TPSA) is 78.0 Å². The van der Waals surface area contributed by atoms with Crippen LogP contribution in [-0.4, -0.2) is 29.7 Å². The van der Waals surface area contributed by atoms with Crippen molar-refractivity contribution in [3.63, 3.8) is 0 Å². The van der Waals surface area contributed by atoms with Gasteiger partial charge in [0.2, 0.25) is 0 Å². The largest absolute Gasteiger partial charge is 0.384 e. The van der Waals surface area contributed by atoms with E-state index in [4.69, 9.17) is 10.8 Å². The molecule has 0 radical (unpaired) electrons. The van der Waals surface area contributed by atoms with Crippen LogP contribution in [0.5, 0.6) is 0 Å². The first-order chi connectivity index (χ1) is 9.80. The van der Waals surface area contributed by atoms with Gasteiger partial charge in [0, 0.05) is 11.5 Å². The number of nitrogens with two attached hydrogens (primary N) is 1. The van der Waals surface area contributed by atoms with E-state index >= 15 is 0 Å². The average Bonchev–Trinajstić information content (AvgIpc) is 2.91. The van der Waals surface area contributed by atoms with E-state index in [2.05, 4.69) is 27.7 Å². The van der Waals surface area contributed by atoms with Gasteiger partial charge in [0.15, 0.2) is 9.84 Å². The molecular weight excluding hydrogens is 286 g/mol. The Bertz CT molecular complexity index is 601. The Labute approximate surface area is 127 Å². The van der Waals surface area contributed by atoms with Gasteiger partial charge in [-0.3, -0.25) is 0 Å². The first-order valence-electron chi connectivity index (χ1n) is 7.88. The maximum atomic E-state index is 11.7. The number of hydrogen-bond acceptors (Lipinski definition) is 4. The van der Waals surface area contributed by atoms with E-state index in [1.54, 1.807) is 4.68 Å². The van der Waals surface area contributed by atoms with Gasteiger partial charge in [-0.15, -0.1) is 0 Å². The molecule has 0 amide bonds. The van der Waals surface area contributed by atoms with Gasteiger partial charge in [0.25, 0.3) is 0 Å². The van der Waals surface area contributed by atoms with Crippen LogP contribution < -0.4 is 5.73 Å². The molecule has 1 atom stereocenters. The summed E-state index contributed by atoms with van der Waals surface area (Å²) in [6.07, 6.45) is 2.67. The first-order valence-corrected chi connectivity index (χ1v) is 9.71. The molecule has 1 aliphatic rings. The molecular formula is C15H27N3O2S. The van der Waals surface area contributed by atoms with Crippen molar-refractivity contribution < 1.29 is 8.42 Å². The minimum absolute atomic E-state index is 0.101. The Kier molecular flexibility index (Phi) is 4.66. The van der Waals surface area contributed by atoms with Crippen molar-refractivity contribution in [3.05, 3.63) is 11.3 Å². The third-order valence-corrected chi connectivity index (χ3v) is 6.27. The molecule has 0 spiro atoms. The number of anilines is 1. The van der Waals surface area contributed by atoms with Crippen molar-refractivity contribution in [2.45, 2.75) is 64.8 Å². The predicted octanol–water partition coefficient (Wildman–Crippen LogP) is 2.85. The molecule has 0 saturated carbocycles. The second-order valence-electron chi connectivity index (χ2n) is 6.35. The van der Waals surface area contributed by atoms with Crippen LogP contribution in [-0.2, 0) is 9.84 Å². The lowest BCUT2D eigenvalue weighted by Gasteiger charge is -2.13. The number of aromatic nitrogens is 2. The van der Waals surface area contributed by atoms with Gasteiger partial charge in [-0.1, -0.05) is 27.7 Å². The summed E-state index contributed by atoms with van der Waals surface area (Å²) in [4.78, 5) is 0. The molecule has 0 aliphatic carbocycles. The van der Waals surface area contributed by atoms with Crippen LogP contribution in [0.2, 0.25) is 0 Å². The number of sulfone groups is 1. The van der Waals surface area contributed by atoms with Crippen molar-refractivity contribution in [1.82, 2.24) is 9.78 Å². The van der Waals surface area contributed by atoms with E-state index in [-0.39, 0.29) is 17.5 Å². The molecule has 2 heterocycles. The molecule has 1 aromatic rings. The first kappa shape index (κ1) is 16.3. The monoisotopic (exact) mass is 313 g/mol. The van der Waals surface area contributed by atoms with Crippen molar-refractivity contribution in [1.29, 1.82) is 0 Å². The summed E-state index contributed by atoms with van der Waals surface area (Å²) in [6, 6.07) is -0.101. The zero-order valence-corrected chi connectivity index (χ0v) is 14.3. The highest BCUT2D eigenvalue weighted by molar-refractivity contribution is 7.91. The van der Waals surface area contributed by atoms with Crippen molar-refractivity contribution in [3.8, 4) is 0 Å². The van der Waals surface area contributed by atoms with E-state index in [0.29, 0.717) is 24.1 Å². The zero-order chi connectivity index (χ0) is 15.8. The third kappa shape index (κ3) is 3.10. The van der Waals surface area contributed by atoms with E-state index in [0.717, 1.165) is 24.1 Å². The highest BCUT2D eigenvalue weighted by atomic mass is 32.2. The van der Waals surface area contributed by atoms with Crippen LogP contribution in [0.1, 0.15) is 76.1 Å². The number of hydrogen-bond donors (Lipinski definition) is 1. The Morgan fingerprint density at radius 1 is 1.33 bits per heavy atom. The Morgan fingerprint density at radius 2 is 1.95 bits per heavy atom. The van der Waals surface area contributed by atoms with Crippen LogP contribution in [0.4, 0.5) is 5.82 Å². The van der Waals surface area contributed by atoms with Gasteiger partial charge in [-0.05, 0) is 25.2 Å². The number of rotatable bonds is 5. The lowest BCUT2D eigenvalue weighted by atomic mass is 9.91. The fraction of sp³-hybridized carbons (Fsp3) is 0.800. The summed E-state index contributed by atoms with van der Waals surface area (Å²) in [7, 11) is -2.93. The molecule has 1 aliphatic heterocycles. The lowest BCUT2D eigenvalue weighted by molar-refractivity contribution is 0.491. The molecule has 21 heavy (non-hydrogen) atoms. The van der Waals surface area contributed by atoms with Gasteiger partial charge in [-0.25, -0.2) is 13.1 Å². The summed E-state index contributed by atoms with van der Waals surface area (Å²) in [5.41, 5.74) is 8.50. The highest BCUT2D eigenvalue weighted by Gasteiger charge is 2.33. The number of nitrogen functional groups attached to an aromatic ring is 1. The van der Waals surface area contributed by atoms with Crippen LogP contribution in [0.3, 0.4) is 0 Å². The van der Waals surface area contributed by atoms with E-state index < -0.39 is 9.84 Å². The molecule has 2 rings (SSSR count). The van der Waals surface area contributed by atoms with Gasteiger partial charge >= 0.3 is 0 Å². The second kappa shape index (κ2) is 5.99. The summed E-state index contributed by atoms with van der Waals surface area (Å²) in [6.45, 7) is 8.56. The fourth-order valence-corrected chi connectivity index (χ4v) is 4.99. The van der Waals surface area contributed by atoms with Gasteiger partial charge < -0.3 is 5.73 Å². The van der Waals surface area contributed by atoms with Crippen LogP contribution in [0, 0.1) is 0 Å². The average molecular weight is 313 g/mol. The Balaban J connectivity index is 2.47. The molecule has 0 aromatic carbocycles. The highest BCUT2D eigenvalue weighted by Crippen LogP contribution is 2.37. The fourth-order valence-electron chi connectivity index (χ4n) is 3.29. The maximum absolute atomic E-state index is 11.7. The maximum Gasteiger partial charge on any atom is 0.152 e. The van der Waals surface area contributed by atoms with Crippen LogP contribution in [0.25, 0.3) is 0 Å². The quantitative estimate of drug-likeness (QED) is 0.906. The van der Waals surface area contributed by atoms with Crippen LogP contribution >= 0.6 is 0 Å². The van der Waals surface area contributed by atoms with Crippen molar-refractivity contribution in [2.75, 3.05) is 17.2 Å². The summed E-state index contributed by atoms with van der Waals surface area (Å²) < 4.78 is 25.2. The third-order valence-electron chi connectivity index (χ3n) is 4.52. The van der Waals surface area contributed by atoms with Crippen molar-refractivity contribution >= 4 is 15.7 Å². The van der Waals surface area contributed by atoms with E-state index in [1.807, 2.05) is 0 Å². The molecule has 1 unspecified atom stereocenters. The summed E-state index contributed by atoms with van der Waals surface area (Å²) >= 11 is 0. The molecule has 2 N–H and O–H groups in total. The van der Waals surface area contributed by atoms with Gasteiger partial charge in [0.1, 0.15) is 5.82 Å². The molecule has 1 fully saturated rings. The standard InChI is InChI=1S/C15H27N3O2S/c1-5-11(6-2)14-13(10(3)4)15(16)18(17-14)12-7-8-21(19,20)9-12/h10-12H,5-9,16H2,1-4H3. The Morgan fingerprint density at radius 3 is 2.38 bits per heavy atom. The lowest BCUT2D eigenvalue weighted by Crippen LogP contribution is -2.15. The predicted molar refractivity (Wildman–Crippen MR) is 86.4 cm³/mol. The van der Waals surface area contributed by atoms with E-state index in [9.17, 15) is 8.42 Å². The van der Waals surface area contributed by atoms with E-state index in [1.165, 1.54) is 0 Å². The smallest absolute Gasteiger partial charge is 0.152 e. The Hall–Kier alpha value is -1.04.